The standard InChI is InChI=1S/C19H20N4OS/c1-23(2)16-9-7-14(8-10-16)12-20-22-19-21-18(13-25-19)15-5-4-6-17(11-15)24-3/h4-13H,1-3H3,(H,21,22)/b20-12-. The summed E-state index contributed by atoms with van der Waals surface area (Å²) in [6.45, 7) is 0. The quantitative estimate of drug-likeness (QED) is 0.530. The van der Waals surface area contributed by atoms with Crippen LogP contribution in [0.2, 0.25) is 0 Å². The zero-order valence-electron chi connectivity index (χ0n) is 14.4. The monoisotopic (exact) mass is 352 g/mol. The molecule has 1 aromatic heterocycles. The smallest absolute Gasteiger partial charge is 0.203 e. The molecule has 25 heavy (non-hydrogen) atoms. The van der Waals surface area contributed by atoms with Crippen molar-refractivity contribution in [1.29, 1.82) is 0 Å². The predicted molar refractivity (Wildman–Crippen MR) is 106 cm³/mol. The third-order valence-electron chi connectivity index (χ3n) is 3.65. The second kappa shape index (κ2) is 7.81. The van der Waals surface area contributed by atoms with Crippen LogP contribution in [0.15, 0.2) is 59.0 Å². The van der Waals surface area contributed by atoms with E-state index in [4.69, 9.17) is 4.74 Å². The van der Waals surface area contributed by atoms with E-state index < -0.39 is 0 Å². The molecule has 0 saturated heterocycles. The molecule has 0 spiro atoms. The molecule has 0 radical (unpaired) electrons. The second-order valence-corrected chi connectivity index (χ2v) is 6.48. The number of nitrogens with one attached hydrogen (secondary N) is 1. The van der Waals surface area contributed by atoms with Gasteiger partial charge in [0.15, 0.2) is 0 Å². The first-order valence-electron chi connectivity index (χ1n) is 7.82. The molecule has 0 aliphatic heterocycles. The van der Waals surface area contributed by atoms with Crippen LogP contribution in [-0.4, -0.2) is 32.4 Å². The van der Waals surface area contributed by atoms with E-state index in [9.17, 15) is 0 Å². The maximum absolute atomic E-state index is 5.25. The molecule has 0 fully saturated rings. The third-order valence-corrected chi connectivity index (χ3v) is 4.40. The van der Waals surface area contributed by atoms with Crippen molar-refractivity contribution >= 4 is 28.4 Å². The first kappa shape index (κ1) is 17.0. The first-order chi connectivity index (χ1) is 12.2. The van der Waals surface area contributed by atoms with Gasteiger partial charge in [-0.2, -0.15) is 5.10 Å². The Morgan fingerprint density at radius 3 is 2.68 bits per heavy atom. The van der Waals surface area contributed by atoms with Crippen molar-refractivity contribution in [2.45, 2.75) is 0 Å². The molecule has 6 heteroatoms. The van der Waals surface area contributed by atoms with Gasteiger partial charge in [-0.1, -0.05) is 24.3 Å². The topological polar surface area (TPSA) is 49.8 Å². The highest BCUT2D eigenvalue weighted by atomic mass is 32.1. The number of nitrogens with zero attached hydrogens (tertiary/aromatic N) is 3. The third kappa shape index (κ3) is 4.36. The molecule has 2 aromatic carbocycles. The summed E-state index contributed by atoms with van der Waals surface area (Å²) in [5, 5.41) is 7.01. The number of ether oxygens (including phenoxy) is 1. The molecule has 0 saturated carbocycles. The number of anilines is 2. The summed E-state index contributed by atoms with van der Waals surface area (Å²) in [5.74, 6) is 0.819. The van der Waals surface area contributed by atoms with Crippen LogP contribution in [0.1, 0.15) is 5.56 Å². The summed E-state index contributed by atoms with van der Waals surface area (Å²) in [6, 6.07) is 16.0. The molecule has 0 bridgehead atoms. The summed E-state index contributed by atoms with van der Waals surface area (Å²) in [6.07, 6.45) is 1.78. The molecule has 128 valence electrons. The lowest BCUT2D eigenvalue weighted by Crippen LogP contribution is -2.08. The van der Waals surface area contributed by atoms with Gasteiger partial charge in [0.05, 0.1) is 19.0 Å². The molecule has 3 rings (SSSR count). The Labute approximate surface area is 151 Å². The van der Waals surface area contributed by atoms with E-state index in [1.54, 1.807) is 13.3 Å². The van der Waals surface area contributed by atoms with Crippen molar-refractivity contribution in [2.75, 3.05) is 31.5 Å². The van der Waals surface area contributed by atoms with E-state index in [0.717, 1.165) is 33.4 Å². The van der Waals surface area contributed by atoms with E-state index in [2.05, 4.69) is 32.5 Å². The minimum atomic E-state index is 0.749. The summed E-state index contributed by atoms with van der Waals surface area (Å²) in [5.41, 5.74) is 7.10. The SMILES string of the molecule is COc1cccc(-c2csc(N/N=C\c3ccc(N(C)C)cc3)n2)c1. The average molecular weight is 352 g/mol. The summed E-state index contributed by atoms with van der Waals surface area (Å²) < 4.78 is 5.25. The zero-order chi connectivity index (χ0) is 17.6. The lowest BCUT2D eigenvalue weighted by Gasteiger charge is -2.11. The molecule has 0 aliphatic carbocycles. The van der Waals surface area contributed by atoms with Crippen LogP contribution in [0.3, 0.4) is 0 Å². The van der Waals surface area contributed by atoms with E-state index >= 15 is 0 Å². The molecular weight excluding hydrogens is 332 g/mol. The van der Waals surface area contributed by atoms with Gasteiger partial charge < -0.3 is 9.64 Å². The highest BCUT2D eigenvalue weighted by molar-refractivity contribution is 7.14. The lowest BCUT2D eigenvalue weighted by atomic mass is 10.2. The molecular formula is C19H20N4OS. The van der Waals surface area contributed by atoms with Gasteiger partial charge in [0.2, 0.25) is 5.13 Å². The van der Waals surface area contributed by atoms with E-state index in [-0.39, 0.29) is 0 Å². The number of methoxy groups -OCH3 is 1. The normalized spacial score (nSPS) is 10.8. The Hall–Kier alpha value is -2.86. The number of hydrogen-bond acceptors (Lipinski definition) is 6. The van der Waals surface area contributed by atoms with Gasteiger partial charge in [0.25, 0.3) is 0 Å². The summed E-state index contributed by atoms with van der Waals surface area (Å²) in [7, 11) is 5.70. The van der Waals surface area contributed by atoms with Gasteiger partial charge in [-0.3, -0.25) is 5.43 Å². The van der Waals surface area contributed by atoms with Crippen LogP contribution in [-0.2, 0) is 0 Å². The van der Waals surface area contributed by atoms with E-state index in [1.807, 2.05) is 55.9 Å². The summed E-state index contributed by atoms with van der Waals surface area (Å²) >= 11 is 1.52. The first-order valence-corrected chi connectivity index (χ1v) is 8.70. The Bertz CT molecular complexity index is 856. The minimum absolute atomic E-state index is 0.749. The molecule has 0 unspecified atom stereocenters. The van der Waals surface area contributed by atoms with Crippen molar-refractivity contribution in [3.05, 3.63) is 59.5 Å². The van der Waals surface area contributed by atoms with Gasteiger partial charge >= 0.3 is 0 Å². The van der Waals surface area contributed by atoms with Gasteiger partial charge in [0.1, 0.15) is 5.75 Å². The van der Waals surface area contributed by atoms with E-state index in [1.165, 1.54) is 11.3 Å². The van der Waals surface area contributed by atoms with Crippen LogP contribution < -0.4 is 15.1 Å². The minimum Gasteiger partial charge on any atom is -0.497 e. The average Bonchev–Trinajstić information content (AvgIpc) is 3.11. The Balaban J connectivity index is 1.65. The number of thiazole rings is 1. The fourth-order valence-corrected chi connectivity index (χ4v) is 2.93. The van der Waals surface area contributed by atoms with Gasteiger partial charge in [0, 0.05) is 30.7 Å². The number of hydrazone groups is 1. The predicted octanol–water partition coefficient (Wildman–Crippen LogP) is 4.33. The van der Waals surface area contributed by atoms with Crippen LogP contribution in [0, 0.1) is 0 Å². The zero-order valence-corrected chi connectivity index (χ0v) is 15.2. The van der Waals surface area contributed by atoms with Crippen molar-refractivity contribution in [2.24, 2.45) is 5.10 Å². The second-order valence-electron chi connectivity index (χ2n) is 5.63. The molecule has 1 N–H and O–H groups in total. The van der Waals surface area contributed by atoms with Crippen molar-refractivity contribution in [3.63, 3.8) is 0 Å². The largest absolute Gasteiger partial charge is 0.497 e. The van der Waals surface area contributed by atoms with Gasteiger partial charge in [-0.15, -0.1) is 11.3 Å². The van der Waals surface area contributed by atoms with E-state index in [0.29, 0.717) is 0 Å². The fourth-order valence-electron chi connectivity index (χ4n) is 2.26. The van der Waals surface area contributed by atoms with Crippen LogP contribution in [0.4, 0.5) is 10.8 Å². The van der Waals surface area contributed by atoms with Crippen LogP contribution in [0.5, 0.6) is 5.75 Å². The highest BCUT2D eigenvalue weighted by Gasteiger charge is 2.05. The van der Waals surface area contributed by atoms with Crippen molar-refractivity contribution < 1.29 is 4.74 Å². The van der Waals surface area contributed by atoms with Crippen LogP contribution in [0.25, 0.3) is 11.3 Å². The lowest BCUT2D eigenvalue weighted by molar-refractivity contribution is 0.415. The fraction of sp³-hybridized carbons (Fsp3) is 0.158. The summed E-state index contributed by atoms with van der Waals surface area (Å²) in [4.78, 5) is 6.62. The molecule has 0 atom stereocenters. The Morgan fingerprint density at radius 1 is 1.16 bits per heavy atom. The van der Waals surface area contributed by atoms with Gasteiger partial charge in [-0.25, -0.2) is 4.98 Å². The number of aromatic nitrogens is 1. The Kier molecular flexibility index (Phi) is 5.30. The number of rotatable bonds is 6. The maximum atomic E-state index is 5.25. The molecule has 0 amide bonds. The number of benzene rings is 2. The molecule has 3 aromatic rings. The highest BCUT2D eigenvalue weighted by Crippen LogP contribution is 2.27. The molecule has 5 nitrogen and oxygen atoms in total. The molecule has 0 aliphatic rings. The Morgan fingerprint density at radius 2 is 1.96 bits per heavy atom. The van der Waals surface area contributed by atoms with Crippen molar-refractivity contribution in [3.8, 4) is 17.0 Å². The van der Waals surface area contributed by atoms with Crippen molar-refractivity contribution in [1.82, 2.24) is 4.98 Å². The van der Waals surface area contributed by atoms with Gasteiger partial charge in [-0.05, 0) is 29.8 Å². The maximum Gasteiger partial charge on any atom is 0.203 e. The molecule has 1 heterocycles. The van der Waals surface area contributed by atoms with Crippen LogP contribution >= 0.6 is 11.3 Å². The number of hydrogen-bond donors (Lipinski definition) is 1.